The average Bonchev–Trinajstić information content (AvgIpc) is 3.03. The van der Waals surface area contributed by atoms with Crippen LogP contribution in [0.25, 0.3) is 0 Å². The molecular formula is C17H16N2OS. The lowest BCUT2D eigenvalue weighted by atomic mass is 10.2. The minimum absolute atomic E-state index is 0.178. The zero-order chi connectivity index (χ0) is 14.5. The highest BCUT2D eigenvalue weighted by molar-refractivity contribution is 7.09. The molecule has 21 heavy (non-hydrogen) atoms. The summed E-state index contributed by atoms with van der Waals surface area (Å²) < 4.78 is 5.84. The molecule has 0 amide bonds. The fraction of sp³-hybridized carbons (Fsp3) is 0.118. The summed E-state index contributed by atoms with van der Waals surface area (Å²) in [6, 6.07) is 17.9. The Morgan fingerprint density at radius 3 is 2.62 bits per heavy atom. The lowest BCUT2D eigenvalue weighted by Crippen LogP contribution is -2.05. The van der Waals surface area contributed by atoms with E-state index in [0.29, 0.717) is 0 Å². The molecule has 3 nitrogen and oxygen atoms in total. The third kappa shape index (κ3) is 3.61. The maximum atomic E-state index is 5.84. The van der Waals surface area contributed by atoms with Gasteiger partial charge in [-0.05, 0) is 31.2 Å². The zero-order valence-corrected chi connectivity index (χ0v) is 12.5. The Morgan fingerprint density at radius 2 is 1.86 bits per heavy atom. The van der Waals surface area contributed by atoms with Crippen molar-refractivity contribution in [2.75, 3.05) is 5.32 Å². The van der Waals surface area contributed by atoms with Crippen LogP contribution in [0.15, 0.2) is 66.2 Å². The number of hydrogen-bond acceptors (Lipinski definition) is 4. The van der Waals surface area contributed by atoms with E-state index in [0.717, 1.165) is 22.2 Å². The second-order valence-corrected chi connectivity index (χ2v) is 5.61. The van der Waals surface area contributed by atoms with Crippen LogP contribution in [0, 0.1) is 0 Å². The van der Waals surface area contributed by atoms with Gasteiger partial charge >= 0.3 is 0 Å². The highest BCUT2D eigenvalue weighted by atomic mass is 32.1. The summed E-state index contributed by atoms with van der Waals surface area (Å²) in [6.45, 7) is 2.10. The molecule has 1 heterocycles. The van der Waals surface area contributed by atoms with Gasteiger partial charge in [0, 0.05) is 23.3 Å². The van der Waals surface area contributed by atoms with E-state index in [4.69, 9.17) is 4.74 Å². The number of anilines is 1. The van der Waals surface area contributed by atoms with E-state index in [1.807, 2.05) is 66.2 Å². The van der Waals surface area contributed by atoms with Crippen LogP contribution in [0.5, 0.6) is 11.5 Å². The Morgan fingerprint density at radius 1 is 1.05 bits per heavy atom. The van der Waals surface area contributed by atoms with Gasteiger partial charge in [0.1, 0.15) is 16.5 Å². The fourth-order valence-corrected chi connectivity index (χ4v) is 2.68. The first-order valence-corrected chi connectivity index (χ1v) is 7.68. The largest absolute Gasteiger partial charge is 0.457 e. The molecule has 0 fully saturated rings. The number of para-hydroxylation sites is 1. The molecule has 3 rings (SSSR count). The van der Waals surface area contributed by atoms with Gasteiger partial charge < -0.3 is 10.1 Å². The third-order valence-corrected chi connectivity index (χ3v) is 3.98. The van der Waals surface area contributed by atoms with E-state index in [2.05, 4.69) is 17.2 Å². The second-order valence-electron chi connectivity index (χ2n) is 4.68. The van der Waals surface area contributed by atoms with Crippen LogP contribution in [0.4, 0.5) is 5.69 Å². The van der Waals surface area contributed by atoms with Gasteiger partial charge in [-0.2, -0.15) is 0 Å². The molecule has 0 radical (unpaired) electrons. The molecule has 1 aromatic heterocycles. The summed E-state index contributed by atoms with van der Waals surface area (Å²) in [4.78, 5) is 4.33. The van der Waals surface area contributed by atoms with Gasteiger partial charge in [0.15, 0.2) is 0 Å². The molecule has 1 atom stereocenters. The molecule has 0 saturated heterocycles. The molecule has 3 aromatic rings. The second kappa shape index (κ2) is 6.41. The summed E-state index contributed by atoms with van der Waals surface area (Å²) >= 11 is 1.65. The van der Waals surface area contributed by atoms with Crippen LogP contribution in [0.3, 0.4) is 0 Å². The van der Waals surface area contributed by atoms with Crippen molar-refractivity contribution in [2.45, 2.75) is 13.0 Å². The molecule has 106 valence electrons. The van der Waals surface area contributed by atoms with Crippen LogP contribution >= 0.6 is 11.3 Å². The number of benzene rings is 2. The highest BCUT2D eigenvalue weighted by Crippen LogP contribution is 2.26. The van der Waals surface area contributed by atoms with Crippen molar-refractivity contribution in [2.24, 2.45) is 0 Å². The van der Waals surface area contributed by atoms with Crippen molar-refractivity contribution in [1.29, 1.82) is 0 Å². The van der Waals surface area contributed by atoms with Crippen molar-refractivity contribution in [3.05, 3.63) is 71.2 Å². The molecule has 1 N–H and O–H groups in total. The number of nitrogens with one attached hydrogen (secondary N) is 1. The van der Waals surface area contributed by atoms with Crippen LogP contribution in [0.2, 0.25) is 0 Å². The summed E-state index contributed by atoms with van der Waals surface area (Å²) in [5, 5.41) is 6.50. The predicted molar refractivity (Wildman–Crippen MR) is 87.1 cm³/mol. The Kier molecular flexibility index (Phi) is 4.17. The van der Waals surface area contributed by atoms with Gasteiger partial charge in [-0.3, -0.25) is 0 Å². The molecular weight excluding hydrogens is 280 g/mol. The maximum absolute atomic E-state index is 5.84. The number of hydrogen-bond donors (Lipinski definition) is 1. The van der Waals surface area contributed by atoms with E-state index in [-0.39, 0.29) is 6.04 Å². The number of ether oxygens (including phenoxy) is 1. The third-order valence-electron chi connectivity index (χ3n) is 3.02. The van der Waals surface area contributed by atoms with Gasteiger partial charge in [-0.1, -0.05) is 24.3 Å². The van der Waals surface area contributed by atoms with E-state index >= 15 is 0 Å². The molecule has 0 bridgehead atoms. The number of nitrogens with zero attached hydrogens (tertiary/aromatic N) is 1. The molecule has 4 heteroatoms. The molecule has 2 aromatic carbocycles. The average molecular weight is 296 g/mol. The predicted octanol–water partition coefficient (Wildman–Crippen LogP) is 5.11. The Balaban J connectivity index is 1.71. The summed E-state index contributed by atoms with van der Waals surface area (Å²) in [5.74, 6) is 1.65. The highest BCUT2D eigenvalue weighted by Gasteiger charge is 2.08. The summed E-state index contributed by atoms with van der Waals surface area (Å²) in [6.07, 6.45) is 1.83. The molecule has 1 unspecified atom stereocenters. The number of aromatic nitrogens is 1. The SMILES string of the molecule is CC(Nc1cccc(Oc2ccccc2)c1)c1nccs1. The first kappa shape index (κ1) is 13.6. The maximum Gasteiger partial charge on any atom is 0.129 e. The standard InChI is InChI=1S/C17H16N2OS/c1-13(17-18-10-11-21-17)19-14-6-5-9-16(12-14)20-15-7-3-2-4-8-15/h2-13,19H,1H3. The number of rotatable bonds is 5. The molecule has 0 saturated carbocycles. The van der Waals surface area contributed by atoms with Crippen molar-refractivity contribution in [3.63, 3.8) is 0 Å². The van der Waals surface area contributed by atoms with E-state index in [9.17, 15) is 0 Å². The smallest absolute Gasteiger partial charge is 0.129 e. The Bertz CT molecular complexity index is 683. The van der Waals surface area contributed by atoms with Gasteiger partial charge in [0.25, 0.3) is 0 Å². The van der Waals surface area contributed by atoms with Gasteiger partial charge in [-0.25, -0.2) is 4.98 Å². The zero-order valence-electron chi connectivity index (χ0n) is 11.7. The lowest BCUT2D eigenvalue weighted by molar-refractivity contribution is 0.483. The molecule has 0 aliphatic rings. The van der Waals surface area contributed by atoms with Crippen LogP contribution < -0.4 is 10.1 Å². The van der Waals surface area contributed by atoms with Gasteiger partial charge in [0.05, 0.1) is 6.04 Å². The van der Waals surface area contributed by atoms with Crippen LogP contribution in [-0.4, -0.2) is 4.98 Å². The molecule has 0 spiro atoms. The number of thiazole rings is 1. The fourth-order valence-electron chi connectivity index (χ4n) is 2.03. The monoisotopic (exact) mass is 296 g/mol. The summed E-state index contributed by atoms with van der Waals surface area (Å²) in [7, 11) is 0. The van der Waals surface area contributed by atoms with Gasteiger partial charge in [0.2, 0.25) is 0 Å². The quantitative estimate of drug-likeness (QED) is 0.710. The minimum Gasteiger partial charge on any atom is -0.457 e. The van der Waals surface area contributed by atoms with E-state index in [1.54, 1.807) is 11.3 Å². The Hall–Kier alpha value is -2.33. The molecule has 0 aliphatic heterocycles. The lowest BCUT2D eigenvalue weighted by Gasteiger charge is -2.14. The van der Waals surface area contributed by atoms with Crippen molar-refractivity contribution in [3.8, 4) is 11.5 Å². The van der Waals surface area contributed by atoms with E-state index < -0.39 is 0 Å². The van der Waals surface area contributed by atoms with Crippen molar-refractivity contribution < 1.29 is 4.74 Å². The normalized spacial score (nSPS) is 11.9. The topological polar surface area (TPSA) is 34.1 Å². The molecule has 0 aliphatic carbocycles. The van der Waals surface area contributed by atoms with Crippen LogP contribution in [0.1, 0.15) is 18.0 Å². The first-order chi connectivity index (χ1) is 10.3. The Labute approximate surface area is 128 Å². The summed E-state index contributed by atoms with van der Waals surface area (Å²) in [5.41, 5.74) is 1.02. The minimum atomic E-state index is 0.178. The first-order valence-electron chi connectivity index (χ1n) is 6.80. The van der Waals surface area contributed by atoms with Crippen molar-refractivity contribution >= 4 is 17.0 Å². The van der Waals surface area contributed by atoms with Crippen LogP contribution in [-0.2, 0) is 0 Å². The van der Waals surface area contributed by atoms with Crippen molar-refractivity contribution in [1.82, 2.24) is 4.98 Å². The van der Waals surface area contributed by atoms with E-state index in [1.165, 1.54) is 0 Å². The van der Waals surface area contributed by atoms with Gasteiger partial charge in [-0.15, -0.1) is 11.3 Å².